The summed E-state index contributed by atoms with van der Waals surface area (Å²) in [6.45, 7) is 0.0505. The predicted molar refractivity (Wildman–Crippen MR) is 106 cm³/mol. The molecular weight excluding hydrogens is 379 g/mol. The molecule has 4 rings (SSSR count). The largest absolute Gasteiger partial charge is 0.360 e. The third kappa shape index (κ3) is 3.87. The highest BCUT2D eigenvalue weighted by Crippen LogP contribution is 2.25. The molecule has 3 heterocycles. The van der Waals surface area contributed by atoms with Crippen molar-refractivity contribution in [3.05, 3.63) is 94.4 Å². The minimum atomic E-state index is -0.408. The van der Waals surface area contributed by atoms with Gasteiger partial charge in [0.2, 0.25) is 0 Å². The molecule has 7 heteroatoms. The molecule has 0 aliphatic rings. The van der Waals surface area contributed by atoms with Gasteiger partial charge >= 0.3 is 0 Å². The van der Waals surface area contributed by atoms with Gasteiger partial charge < -0.3 is 10.3 Å². The van der Waals surface area contributed by atoms with Crippen LogP contribution in [-0.4, -0.2) is 20.9 Å². The first-order valence-electron chi connectivity index (χ1n) is 8.66. The number of benzene rings is 1. The van der Waals surface area contributed by atoms with Crippen molar-refractivity contribution >= 4 is 28.4 Å². The highest BCUT2D eigenvalue weighted by atomic mass is 35.5. The van der Waals surface area contributed by atoms with Crippen molar-refractivity contribution in [3.8, 4) is 0 Å². The van der Waals surface area contributed by atoms with E-state index in [4.69, 9.17) is 11.6 Å². The van der Waals surface area contributed by atoms with Gasteiger partial charge in [-0.25, -0.2) is 4.39 Å². The van der Waals surface area contributed by atoms with Crippen LogP contribution in [0.15, 0.2) is 61.3 Å². The molecule has 0 saturated carbocycles. The quantitative estimate of drug-likeness (QED) is 0.531. The van der Waals surface area contributed by atoms with Crippen LogP contribution in [0.3, 0.4) is 0 Å². The lowest BCUT2D eigenvalue weighted by Gasteiger charge is -2.08. The van der Waals surface area contributed by atoms with Crippen LogP contribution in [0, 0.1) is 5.82 Å². The fourth-order valence-corrected chi connectivity index (χ4v) is 3.22. The molecule has 0 saturated heterocycles. The molecule has 1 amide bonds. The Morgan fingerprint density at radius 1 is 1.14 bits per heavy atom. The molecule has 0 spiro atoms. The molecule has 5 nitrogen and oxygen atoms in total. The molecule has 0 aliphatic heterocycles. The maximum absolute atomic E-state index is 14.3. The first-order chi connectivity index (χ1) is 13.6. The Morgan fingerprint density at radius 3 is 2.82 bits per heavy atom. The number of H-pyrrole nitrogens is 1. The van der Waals surface area contributed by atoms with E-state index in [1.165, 1.54) is 12.3 Å². The Kier molecular flexibility index (Phi) is 5.04. The van der Waals surface area contributed by atoms with Crippen LogP contribution in [0.5, 0.6) is 0 Å². The van der Waals surface area contributed by atoms with E-state index in [9.17, 15) is 9.18 Å². The molecule has 3 aromatic heterocycles. The minimum Gasteiger partial charge on any atom is -0.360 e. The van der Waals surface area contributed by atoms with Gasteiger partial charge in [0.25, 0.3) is 5.91 Å². The monoisotopic (exact) mass is 394 g/mol. The summed E-state index contributed by atoms with van der Waals surface area (Å²) in [5.41, 5.74) is 3.32. The first-order valence-corrected chi connectivity index (χ1v) is 9.04. The second-order valence-electron chi connectivity index (χ2n) is 6.43. The summed E-state index contributed by atoms with van der Waals surface area (Å²) >= 11 is 6.09. The number of halogens is 2. The second kappa shape index (κ2) is 7.78. The van der Waals surface area contributed by atoms with E-state index in [1.54, 1.807) is 36.9 Å². The third-order valence-electron chi connectivity index (χ3n) is 4.43. The number of aromatic nitrogens is 3. The van der Waals surface area contributed by atoms with Crippen LogP contribution in [0.2, 0.25) is 5.02 Å². The number of hydrogen-bond donors (Lipinski definition) is 2. The van der Waals surface area contributed by atoms with Crippen LogP contribution in [0.1, 0.15) is 27.0 Å². The zero-order valence-electron chi connectivity index (χ0n) is 14.7. The topological polar surface area (TPSA) is 70.7 Å². The van der Waals surface area contributed by atoms with E-state index in [2.05, 4.69) is 20.3 Å². The predicted octanol–water partition coefficient (Wildman–Crippen LogP) is 4.27. The Labute approximate surface area is 165 Å². The summed E-state index contributed by atoms with van der Waals surface area (Å²) < 4.78 is 14.3. The summed E-state index contributed by atoms with van der Waals surface area (Å²) in [6.07, 6.45) is 8.92. The maximum atomic E-state index is 14.3. The maximum Gasteiger partial charge on any atom is 0.253 e. The fourth-order valence-electron chi connectivity index (χ4n) is 3.01. The van der Waals surface area contributed by atoms with Crippen molar-refractivity contribution in [2.45, 2.75) is 13.0 Å². The Morgan fingerprint density at radius 2 is 2.00 bits per heavy atom. The van der Waals surface area contributed by atoms with Crippen molar-refractivity contribution in [1.82, 2.24) is 20.3 Å². The third-order valence-corrected chi connectivity index (χ3v) is 4.74. The highest BCUT2D eigenvalue weighted by molar-refractivity contribution is 6.35. The second-order valence-corrected chi connectivity index (χ2v) is 6.84. The molecule has 0 radical (unpaired) electrons. The number of hydrogen-bond acceptors (Lipinski definition) is 3. The van der Waals surface area contributed by atoms with Gasteiger partial charge in [0, 0.05) is 60.4 Å². The molecule has 28 heavy (non-hydrogen) atoms. The number of nitrogens with zero attached hydrogens (tertiary/aromatic N) is 2. The van der Waals surface area contributed by atoms with Crippen molar-refractivity contribution in [2.75, 3.05) is 0 Å². The molecular formula is C21H16ClFN4O. The fraction of sp³-hybridized carbons (Fsp3) is 0.0952. The SMILES string of the molecule is O=C(NCc1cc2c(Cl)c[nH]c2cc1F)c1cncc(Cc2cccnc2)c1. The Hall–Kier alpha value is -3.25. The molecule has 1 aromatic carbocycles. The smallest absolute Gasteiger partial charge is 0.253 e. The van der Waals surface area contributed by atoms with E-state index in [1.807, 2.05) is 12.1 Å². The van der Waals surface area contributed by atoms with Crippen molar-refractivity contribution in [3.63, 3.8) is 0 Å². The van der Waals surface area contributed by atoms with E-state index >= 15 is 0 Å². The van der Waals surface area contributed by atoms with Gasteiger partial charge in [-0.3, -0.25) is 14.8 Å². The molecule has 0 atom stereocenters. The zero-order chi connectivity index (χ0) is 19.5. The Bertz CT molecular complexity index is 1140. The molecule has 0 unspecified atom stereocenters. The number of aromatic amines is 1. The minimum absolute atomic E-state index is 0.0505. The van der Waals surface area contributed by atoms with E-state index in [0.717, 1.165) is 11.1 Å². The van der Waals surface area contributed by atoms with Gasteiger partial charge in [0.05, 0.1) is 10.6 Å². The van der Waals surface area contributed by atoms with E-state index in [-0.39, 0.29) is 12.5 Å². The van der Waals surface area contributed by atoms with E-state index in [0.29, 0.717) is 33.5 Å². The summed E-state index contributed by atoms with van der Waals surface area (Å²) in [5.74, 6) is -0.727. The number of carbonyl (C=O) groups is 1. The zero-order valence-corrected chi connectivity index (χ0v) is 15.5. The van der Waals surface area contributed by atoms with Crippen LogP contribution >= 0.6 is 11.6 Å². The van der Waals surface area contributed by atoms with Crippen LogP contribution in [0.25, 0.3) is 10.9 Å². The standard InChI is InChI=1S/C21H16ClFN4O/c22-18-12-26-20-7-19(23)15(6-17(18)20)11-27-21(28)16-5-14(9-25-10-16)4-13-2-1-3-24-8-13/h1-3,5-10,12,26H,4,11H2,(H,27,28). The summed E-state index contributed by atoms with van der Waals surface area (Å²) in [5, 5.41) is 3.96. The number of carbonyl (C=O) groups excluding carboxylic acids is 1. The molecule has 0 bridgehead atoms. The number of fused-ring (bicyclic) bond motifs is 1. The van der Waals surface area contributed by atoms with Crippen molar-refractivity contribution < 1.29 is 9.18 Å². The van der Waals surface area contributed by atoms with Gasteiger partial charge in [0.15, 0.2) is 0 Å². The lowest BCUT2D eigenvalue weighted by molar-refractivity contribution is 0.0950. The summed E-state index contributed by atoms with van der Waals surface area (Å²) in [7, 11) is 0. The lowest BCUT2D eigenvalue weighted by Crippen LogP contribution is -2.23. The number of amides is 1. The van der Waals surface area contributed by atoms with Gasteiger partial charge in [-0.15, -0.1) is 0 Å². The van der Waals surface area contributed by atoms with E-state index < -0.39 is 5.82 Å². The molecule has 0 aliphatic carbocycles. The number of nitrogens with one attached hydrogen (secondary N) is 2. The average molecular weight is 395 g/mol. The van der Waals surface area contributed by atoms with Crippen LogP contribution < -0.4 is 5.32 Å². The average Bonchev–Trinajstić information content (AvgIpc) is 3.06. The van der Waals surface area contributed by atoms with Crippen molar-refractivity contribution in [2.24, 2.45) is 0 Å². The van der Waals surface area contributed by atoms with Crippen molar-refractivity contribution in [1.29, 1.82) is 0 Å². The Balaban J connectivity index is 1.47. The number of rotatable bonds is 5. The van der Waals surface area contributed by atoms with Crippen LogP contribution in [-0.2, 0) is 13.0 Å². The normalized spacial score (nSPS) is 10.9. The van der Waals surface area contributed by atoms with Gasteiger partial charge in [-0.05, 0) is 35.4 Å². The summed E-state index contributed by atoms with van der Waals surface area (Å²) in [4.78, 5) is 23.6. The molecule has 0 fully saturated rings. The molecule has 2 N–H and O–H groups in total. The summed E-state index contributed by atoms with van der Waals surface area (Å²) in [6, 6.07) is 8.61. The number of pyridine rings is 2. The highest BCUT2D eigenvalue weighted by Gasteiger charge is 2.12. The molecule has 140 valence electrons. The lowest BCUT2D eigenvalue weighted by atomic mass is 10.1. The molecule has 4 aromatic rings. The van der Waals surface area contributed by atoms with Gasteiger partial charge in [-0.1, -0.05) is 17.7 Å². The first kappa shape index (κ1) is 18.1. The van der Waals surface area contributed by atoms with Crippen LogP contribution in [0.4, 0.5) is 4.39 Å². The van der Waals surface area contributed by atoms with Gasteiger partial charge in [0.1, 0.15) is 5.82 Å². The van der Waals surface area contributed by atoms with Gasteiger partial charge in [-0.2, -0.15) is 0 Å².